The number of carbonyl (C=O) groups excluding carboxylic acids is 1. The third-order valence-electron chi connectivity index (χ3n) is 3.79. The molecule has 104 valence electrons. The normalized spacial score (nSPS) is 27.1. The number of carbonyl (C=O) groups is 1. The third kappa shape index (κ3) is 4.55. The summed E-state index contributed by atoms with van der Waals surface area (Å²) in [4.78, 5) is 16.4. The van der Waals surface area contributed by atoms with Crippen LogP contribution in [0.3, 0.4) is 0 Å². The maximum absolute atomic E-state index is 11.9. The summed E-state index contributed by atoms with van der Waals surface area (Å²) in [5.41, 5.74) is 0. The molecule has 0 aromatic carbocycles. The van der Waals surface area contributed by atoms with Crippen LogP contribution in [-0.4, -0.2) is 75.2 Å². The van der Waals surface area contributed by atoms with Gasteiger partial charge in [-0.15, -0.1) is 0 Å². The van der Waals surface area contributed by atoms with Crippen molar-refractivity contribution in [1.82, 2.24) is 15.1 Å². The molecule has 2 rings (SSSR count). The molecule has 0 unspecified atom stereocenters. The van der Waals surface area contributed by atoms with Crippen molar-refractivity contribution in [3.63, 3.8) is 0 Å². The molecular weight excluding hydrogens is 230 g/mol. The zero-order valence-corrected chi connectivity index (χ0v) is 11.4. The minimum absolute atomic E-state index is 0.159. The molecule has 2 aliphatic rings. The standard InChI is InChI=1S/C13H25N3O2/c1-15-4-2-5-16(7-6-15)10-13(17)14-9-12-3-8-18-11-12/h12H,2-11H2,1H3,(H,14,17)/t12-/m0/s1. The van der Waals surface area contributed by atoms with Gasteiger partial charge in [0.2, 0.25) is 5.91 Å². The number of hydrogen-bond donors (Lipinski definition) is 1. The molecule has 2 saturated heterocycles. The summed E-state index contributed by atoms with van der Waals surface area (Å²) in [6.07, 6.45) is 2.23. The van der Waals surface area contributed by atoms with E-state index in [1.165, 1.54) is 0 Å². The second-order valence-corrected chi connectivity index (χ2v) is 5.47. The molecule has 0 aromatic heterocycles. The van der Waals surface area contributed by atoms with E-state index < -0.39 is 0 Å². The van der Waals surface area contributed by atoms with Crippen molar-refractivity contribution in [2.45, 2.75) is 12.8 Å². The Morgan fingerprint density at radius 2 is 2.22 bits per heavy atom. The molecule has 0 saturated carbocycles. The van der Waals surface area contributed by atoms with Crippen LogP contribution in [0.2, 0.25) is 0 Å². The molecule has 1 N–H and O–H groups in total. The van der Waals surface area contributed by atoms with Crippen LogP contribution in [0, 0.1) is 5.92 Å². The summed E-state index contributed by atoms with van der Waals surface area (Å²) in [7, 11) is 2.14. The average molecular weight is 255 g/mol. The number of hydrogen-bond acceptors (Lipinski definition) is 4. The SMILES string of the molecule is CN1CCCN(CC(=O)NC[C@@H]2CCOC2)CC1. The van der Waals surface area contributed by atoms with E-state index in [-0.39, 0.29) is 5.91 Å². The van der Waals surface area contributed by atoms with Gasteiger partial charge in [-0.3, -0.25) is 9.69 Å². The molecule has 5 heteroatoms. The molecular formula is C13H25N3O2. The van der Waals surface area contributed by atoms with Gasteiger partial charge in [0.25, 0.3) is 0 Å². The van der Waals surface area contributed by atoms with Crippen molar-refractivity contribution < 1.29 is 9.53 Å². The van der Waals surface area contributed by atoms with Gasteiger partial charge in [-0.1, -0.05) is 0 Å². The van der Waals surface area contributed by atoms with Crippen LogP contribution in [0.15, 0.2) is 0 Å². The fourth-order valence-corrected chi connectivity index (χ4v) is 2.52. The maximum Gasteiger partial charge on any atom is 0.234 e. The second-order valence-electron chi connectivity index (χ2n) is 5.47. The van der Waals surface area contributed by atoms with Gasteiger partial charge >= 0.3 is 0 Å². The number of likely N-dealkylation sites (N-methyl/N-ethyl adjacent to an activating group) is 1. The summed E-state index contributed by atoms with van der Waals surface area (Å²) < 4.78 is 5.30. The monoisotopic (exact) mass is 255 g/mol. The first-order valence-electron chi connectivity index (χ1n) is 6.99. The largest absolute Gasteiger partial charge is 0.381 e. The summed E-state index contributed by atoms with van der Waals surface area (Å²) in [6, 6.07) is 0. The van der Waals surface area contributed by atoms with Gasteiger partial charge in [-0.25, -0.2) is 0 Å². The van der Waals surface area contributed by atoms with Crippen molar-refractivity contribution in [2.75, 3.05) is 59.5 Å². The molecule has 1 amide bonds. The highest BCUT2D eigenvalue weighted by atomic mass is 16.5. The van der Waals surface area contributed by atoms with Gasteiger partial charge in [-0.2, -0.15) is 0 Å². The Morgan fingerprint density at radius 3 is 3.00 bits per heavy atom. The first-order chi connectivity index (χ1) is 8.74. The molecule has 0 aromatic rings. The van der Waals surface area contributed by atoms with E-state index in [0.717, 1.165) is 58.8 Å². The van der Waals surface area contributed by atoms with Gasteiger partial charge in [0, 0.05) is 32.2 Å². The molecule has 5 nitrogen and oxygen atoms in total. The topological polar surface area (TPSA) is 44.8 Å². The molecule has 0 radical (unpaired) electrons. The molecule has 0 spiro atoms. The van der Waals surface area contributed by atoms with E-state index in [2.05, 4.69) is 22.2 Å². The lowest BCUT2D eigenvalue weighted by Crippen LogP contribution is -2.40. The zero-order valence-electron chi connectivity index (χ0n) is 11.4. The smallest absolute Gasteiger partial charge is 0.234 e. The quantitative estimate of drug-likeness (QED) is 0.754. The third-order valence-corrected chi connectivity index (χ3v) is 3.79. The first kappa shape index (κ1) is 13.8. The van der Waals surface area contributed by atoms with Crippen molar-refractivity contribution in [1.29, 1.82) is 0 Å². The van der Waals surface area contributed by atoms with Crippen molar-refractivity contribution in [3.05, 3.63) is 0 Å². The molecule has 0 aliphatic carbocycles. The zero-order chi connectivity index (χ0) is 12.8. The molecule has 0 bridgehead atoms. The van der Waals surface area contributed by atoms with Gasteiger partial charge in [0.15, 0.2) is 0 Å². The average Bonchev–Trinajstić information content (AvgIpc) is 2.79. The highest BCUT2D eigenvalue weighted by Crippen LogP contribution is 2.10. The molecule has 1 atom stereocenters. The molecule has 2 heterocycles. The number of rotatable bonds is 4. The lowest BCUT2D eigenvalue weighted by atomic mass is 10.1. The van der Waals surface area contributed by atoms with Crippen LogP contribution in [-0.2, 0) is 9.53 Å². The van der Waals surface area contributed by atoms with Crippen LogP contribution in [0.25, 0.3) is 0 Å². The van der Waals surface area contributed by atoms with Crippen LogP contribution in [0.4, 0.5) is 0 Å². The van der Waals surface area contributed by atoms with Crippen LogP contribution in [0.5, 0.6) is 0 Å². The Kier molecular flexibility index (Phi) is 5.41. The van der Waals surface area contributed by atoms with Crippen molar-refractivity contribution >= 4 is 5.91 Å². The Bertz CT molecular complexity index is 267. The Hall–Kier alpha value is -0.650. The van der Waals surface area contributed by atoms with Crippen molar-refractivity contribution in [2.24, 2.45) is 5.92 Å². The molecule has 18 heavy (non-hydrogen) atoms. The Labute approximate surface area is 109 Å². The number of nitrogens with zero attached hydrogens (tertiary/aromatic N) is 2. The Balaban J connectivity index is 1.63. The Morgan fingerprint density at radius 1 is 1.33 bits per heavy atom. The lowest BCUT2D eigenvalue weighted by molar-refractivity contribution is -0.122. The van der Waals surface area contributed by atoms with Gasteiger partial charge in [0.1, 0.15) is 0 Å². The van der Waals surface area contributed by atoms with Gasteiger partial charge in [-0.05, 0) is 33.0 Å². The minimum Gasteiger partial charge on any atom is -0.381 e. The first-order valence-corrected chi connectivity index (χ1v) is 6.99. The molecule has 2 aliphatic heterocycles. The van der Waals surface area contributed by atoms with E-state index in [1.807, 2.05) is 0 Å². The number of amides is 1. The van der Waals surface area contributed by atoms with E-state index in [9.17, 15) is 4.79 Å². The van der Waals surface area contributed by atoms with Gasteiger partial charge in [0.05, 0.1) is 13.2 Å². The summed E-state index contributed by atoms with van der Waals surface area (Å²) in [6.45, 7) is 7.18. The fourth-order valence-electron chi connectivity index (χ4n) is 2.52. The highest BCUT2D eigenvalue weighted by molar-refractivity contribution is 5.78. The summed E-state index contributed by atoms with van der Waals surface area (Å²) in [5.74, 6) is 0.677. The summed E-state index contributed by atoms with van der Waals surface area (Å²) in [5, 5.41) is 3.03. The second kappa shape index (κ2) is 7.07. The predicted octanol–water partition coefficient (Wildman–Crippen LogP) is -0.223. The van der Waals surface area contributed by atoms with Gasteiger partial charge < -0.3 is 15.0 Å². The number of nitrogens with one attached hydrogen (secondary N) is 1. The molecule has 2 fully saturated rings. The highest BCUT2D eigenvalue weighted by Gasteiger charge is 2.18. The van der Waals surface area contributed by atoms with Crippen molar-refractivity contribution in [3.8, 4) is 0 Å². The van der Waals surface area contributed by atoms with E-state index in [0.29, 0.717) is 12.5 Å². The van der Waals surface area contributed by atoms with Crippen LogP contribution < -0.4 is 5.32 Å². The summed E-state index contributed by atoms with van der Waals surface area (Å²) >= 11 is 0. The van der Waals surface area contributed by atoms with Crippen LogP contribution >= 0.6 is 0 Å². The van der Waals surface area contributed by atoms with E-state index >= 15 is 0 Å². The van der Waals surface area contributed by atoms with Crippen LogP contribution in [0.1, 0.15) is 12.8 Å². The van der Waals surface area contributed by atoms with E-state index in [1.54, 1.807) is 0 Å². The lowest BCUT2D eigenvalue weighted by Gasteiger charge is -2.20. The fraction of sp³-hybridized carbons (Fsp3) is 0.923. The minimum atomic E-state index is 0.159. The number of ether oxygens (including phenoxy) is 1. The predicted molar refractivity (Wildman–Crippen MR) is 70.5 cm³/mol. The van der Waals surface area contributed by atoms with E-state index in [4.69, 9.17) is 4.74 Å². The maximum atomic E-state index is 11.9.